The molecule has 0 aromatic carbocycles. The van der Waals surface area contributed by atoms with Crippen LogP contribution in [-0.2, 0) is 0 Å². The van der Waals surface area contributed by atoms with E-state index < -0.39 is 0 Å². The number of rotatable bonds is 4. The van der Waals surface area contributed by atoms with Crippen LogP contribution < -0.4 is 5.32 Å². The van der Waals surface area contributed by atoms with Crippen molar-refractivity contribution in [3.63, 3.8) is 0 Å². The lowest BCUT2D eigenvalue weighted by Crippen LogP contribution is -2.12. The average molecular weight is 224 g/mol. The minimum absolute atomic E-state index is 0.102. The summed E-state index contributed by atoms with van der Waals surface area (Å²) < 4.78 is 4.22. The van der Waals surface area contributed by atoms with Crippen LogP contribution >= 0.6 is 11.5 Å². The molecule has 15 heavy (non-hydrogen) atoms. The maximum atomic E-state index is 11.4. The highest BCUT2D eigenvalue weighted by Crippen LogP contribution is 2.45. The van der Waals surface area contributed by atoms with Gasteiger partial charge in [0.05, 0.1) is 11.3 Å². The summed E-state index contributed by atoms with van der Waals surface area (Å²) in [5.41, 5.74) is 2.06. The molecule has 0 bridgehead atoms. The van der Waals surface area contributed by atoms with Crippen LogP contribution in [0.2, 0.25) is 0 Å². The third kappa shape index (κ3) is 2.20. The molecule has 0 spiro atoms. The maximum Gasteiger partial charge on any atom is 0.164 e. The number of carbonyl (C=O) groups excluding carboxylic acids is 1. The van der Waals surface area contributed by atoms with E-state index in [0.717, 1.165) is 22.8 Å². The number of aryl methyl sites for hydroxylation is 1. The normalized spacial score (nSPS) is 17.5. The smallest absolute Gasteiger partial charge is 0.164 e. The van der Waals surface area contributed by atoms with Gasteiger partial charge in [0.1, 0.15) is 5.00 Å². The number of hydrogen-bond donors (Lipinski definition) is 1. The van der Waals surface area contributed by atoms with E-state index in [4.69, 9.17) is 0 Å². The lowest BCUT2D eigenvalue weighted by atomic mass is 10.1. The fourth-order valence-electron chi connectivity index (χ4n) is 1.59. The Hall–Kier alpha value is -0.900. The standard InChI is InChI=1S/C11H16N2OS/c1-7-9(8(2)14)10(15-13-7)12-6-11(3)4-5-11/h12H,4-6H2,1-3H3. The zero-order valence-electron chi connectivity index (χ0n) is 9.39. The fourth-order valence-corrected chi connectivity index (χ4v) is 2.43. The Morgan fingerprint density at radius 3 is 2.80 bits per heavy atom. The summed E-state index contributed by atoms with van der Waals surface area (Å²) >= 11 is 1.39. The molecule has 0 radical (unpaired) electrons. The molecular formula is C11H16N2OS. The summed E-state index contributed by atoms with van der Waals surface area (Å²) in [5.74, 6) is 0.102. The summed E-state index contributed by atoms with van der Waals surface area (Å²) in [4.78, 5) is 11.4. The van der Waals surface area contributed by atoms with Gasteiger partial charge >= 0.3 is 0 Å². The van der Waals surface area contributed by atoms with E-state index in [1.165, 1.54) is 24.4 Å². The first-order valence-corrected chi connectivity index (χ1v) is 6.00. The quantitative estimate of drug-likeness (QED) is 0.800. The number of nitrogens with zero attached hydrogens (tertiary/aromatic N) is 1. The highest BCUT2D eigenvalue weighted by Gasteiger charge is 2.37. The molecule has 0 atom stereocenters. The second-order valence-electron chi connectivity index (χ2n) is 4.69. The Bertz CT molecular complexity index is 393. The van der Waals surface area contributed by atoms with Crippen molar-refractivity contribution in [1.29, 1.82) is 0 Å². The Morgan fingerprint density at radius 2 is 2.27 bits per heavy atom. The predicted molar refractivity (Wildman–Crippen MR) is 62.7 cm³/mol. The van der Waals surface area contributed by atoms with Gasteiger partial charge in [-0.3, -0.25) is 4.79 Å². The SMILES string of the molecule is CC(=O)c1c(C)nsc1NCC1(C)CC1. The number of aromatic nitrogens is 1. The van der Waals surface area contributed by atoms with Crippen LogP contribution in [-0.4, -0.2) is 16.7 Å². The van der Waals surface area contributed by atoms with Crippen LogP contribution in [0.4, 0.5) is 5.00 Å². The van der Waals surface area contributed by atoms with Gasteiger partial charge in [-0.2, -0.15) is 4.37 Å². The number of ketones is 1. The highest BCUT2D eigenvalue weighted by molar-refractivity contribution is 7.10. The maximum absolute atomic E-state index is 11.4. The van der Waals surface area contributed by atoms with E-state index in [1.807, 2.05) is 6.92 Å². The van der Waals surface area contributed by atoms with Gasteiger partial charge < -0.3 is 5.32 Å². The van der Waals surface area contributed by atoms with Crippen molar-refractivity contribution in [2.45, 2.75) is 33.6 Å². The zero-order chi connectivity index (χ0) is 11.1. The van der Waals surface area contributed by atoms with Crippen molar-refractivity contribution in [2.24, 2.45) is 5.41 Å². The number of carbonyl (C=O) groups is 1. The molecule has 2 rings (SSSR count). The van der Waals surface area contributed by atoms with Crippen LogP contribution in [0.15, 0.2) is 0 Å². The molecule has 0 saturated heterocycles. The molecule has 1 heterocycles. The summed E-state index contributed by atoms with van der Waals surface area (Å²) in [6, 6.07) is 0. The molecule has 1 aliphatic rings. The van der Waals surface area contributed by atoms with Crippen molar-refractivity contribution >= 4 is 22.3 Å². The van der Waals surface area contributed by atoms with Gasteiger partial charge in [0.25, 0.3) is 0 Å². The third-order valence-electron chi connectivity index (χ3n) is 2.99. The fraction of sp³-hybridized carbons (Fsp3) is 0.636. The summed E-state index contributed by atoms with van der Waals surface area (Å²) in [6.45, 7) is 6.70. The molecule has 1 saturated carbocycles. The van der Waals surface area contributed by atoms with Gasteiger partial charge in [-0.05, 0) is 43.6 Å². The molecule has 0 amide bonds. The van der Waals surface area contributed by atoms with Crippen LogP contribution in [0.3, 0.4) is 0 Å². The molecule has 1 aromatic rings. The molecule has 0 unspecified atom stereocenters. The van der Waals surface area contributed by atoms with Gasteiger partial charge in [-0.15, -0.1) is 0 Å². The summed E-state index contributed by atoms with van der Waals surface area (Å²) in [6.07, 6.45) is 2.57. The van der Waals surface area contributed by atoms with E-state index >= 15 is 0 Å². The Kier molecular flexibility index (Phi) is 2.54. The van der Waals surface area contributed by atoms with Crippen molar-refractivity contribution in [3.05, 3.63) is 11.3 Å². The van der Waals surface area contributed by atoms with Crippen LogP contribution in [0.5, 0.6) is 0 Å². The van der Waals surface area contributed by atoms with Crippen molar-refractivity contribution in [2.75, 3.05) is 11.9 Å². The van der Waals surface area contributed by atoms with Crippen LogP contribution in [0.1, 0.15) is 42.7 Å². The van der Waals surface area contributed by atoms with E-state index in [-0.39, 0.29) is 5.78 Å². The second-order valence-corrected chi connectivity index (χ2v) is 5.47. The molecule has 1 N–H and O–H groups in total. The molecule has 0 aliphatic heterocycles. The van der Waals surface area contributed by atoms with Gasteiger partial charge in [-0.1, -0.05) is 6.92 Å². The molecular weight excluding hydrogens is 208 g/mol. The monoisotopic (exact) mass is 224 g/mol. The first kappa shape index (κ1) is 10.6. The number of hydrogen-bond acceptors (Lipinski definition) is 4. The minimum Gasteiger partial charge on any atom is -0.375 e. The number of nitrogens with one attached hydrogen (secondary N) is 1. The molecule has 1 aliphatic carbocycles. The third-order valence-corrected chi connectivity index (χ3v) is 3.89. The van der Waals surface area contributed by atoms with Crippen LogP contribution in [0.25, 0.3) is 0 Å². The first-order chi connectivity index (χ1) is 7.02. The van der Waals surface area contributed by atoms with Crippen LogP contribution in [0, 0.1) is 12.3 Å². The Balaban J connectivity index is 2.10. The first-order valence-electron chi connectivity index (χ1n) is 5.23. The zero-order valence-corrected chi connectivity index (χ0v) is 10.2. The largest absolute Gasteiger partial charge is 0.375 e. The lowest BCUT2D eigenvalue weighted by Gasteiger charge is -2.10. The Labute approximate surface area is 94.1 Å². The molecule has 1 fully saturated rings. The molecule has 3 nitrogen and oxygen atoms in total. The topological polar surface area (TPSA) is 42.0 Å². The van der Waals surface area contributed by atoms with Gasteiger partial charge in [-0.25, -0.2) is 0 Å². The van der Waals surface area contributed by atoms with Crippen molar-refractivity contribution < 1.29 is 4.79 Å². The molecule has 1 aromatic heterocycles. The predicted octanol–water partition coefficient (Wildman–Crippen LogP) is 2.87. The summed E-state index contributed by atoms with van der Waals surface area (Å²) in [5, 5.41) is 4.29. The van der Waals surface area contributed by atoms with Gasteiger partial charge in [0.2, 0.25) is 0 Å². The molecule has 4 heteroatoms. The number of Topliss-reactive ketones (excluding diaryl/α,β-unsaturated/α-hetero) is 1. The lowest BCUT2D eigenvalue weighted by molar-refractivity contribution is 0.101. The van der Waals surface area contributed by atoms with Crippen molar-refractivity contribution in [3.8, 4) is 0 Å². The van der Waals surface area contributed by atoms with E-state index in [0.29, 0.717) is 5.41 Å². The highest BCUT2D eigenvalue weighted by atomic mass is 32.1. The molecule has 82 valence electrons. The number of anilines is 1. The second kappa shape index (κ2) is 3.59. The van der Waals surface area contributed by atoms with Crippen molar-refractivity contribution in [1.82, 2.24) is 4.37 Å². The van der Waals surface area contributed by atoms with Gasteiger partial charge in [0, 0.05) is 6.54 Å². The van der Waals surface area contributed by atoms with E-state index in [2.05, 4.69) is 16.6 Å². The average Bonchev–Trinajstić information content (AvgIpc) is 2.76. The minimum atomic E-state index is 0.102. The Morgan fingerprint density at radius 1 is 1.60 bits per heavy atom. The van der Waals surface area contributed by atoms with E-state index in [9.17, 15) is 4.79 Å². The van der Waals surface area contributed by atoms with Gasteiger partial charge in [0.15, 0.2) is 5.78 Å². The summed E-state index contributed by atoms with van der Waals surface area (Å²) in [7, 11) is 0. The van der Waals surface area contributed by atoms with E-state index in [1.54, 1.807) is 6.92 Å².